The molecule has 144 heavy (non-hydrogen) atoms. The zero-order chi connectivity index (χ0) is 105. The number of nitrogens with one attached hydrogen (secondary N) is 1. The van der Waals surface area contributed by atoms with Gasteiger partial charge >= 0.3 is 31.2 Å². The first-order valence-corrected chi connectivity index (χ1v) is 61.3. The average molecular weight is 2240 g/mol. The second-order valence-electron chi connectivity index (χ2n) is 39.7. The molecule has 49 heteroatoms. The molecule has 0 bridgehead atoms. The van der Waals surface area contributed by atoms with E-state index in [2.05, 4.69) is 88.2 Å². The number of hydrogen-bond donors (Lipinski definition) is 3. The molecule has 794 valence electrons. The van der Waals surface area contributed by atoms with Crippen molar-refractivity contribution in [1.82, 2.24) is 24.7 Å². The van der Waals surface area contributed by atoms with Gasteiger partial charge in [-0.25, -0.2) is 36.5 Å². The highest BCUT2D eigenvalue weighted by atomic mass is 33.1. The van der Waals surface area contributed by atoms with Crippen LogP contribution in [0.25, 0.3) is 0 Å². The van der Waals surface area contributed by atoms with Crippen molar-refractivity contribution in [3.8, 4) is 0 Å². The summed E-state index contributed by atoms with van der Waals surface area (Å²) in [6, 6.07) is 33.0. The summed E-state index contributed by atoms with van der Waals surface area (Å²) in [5.74, 6) is -2.81. The Morgan fingerprint density at radius 2 is 0.778 bits per heavy atom. The molecule has 4 aromatic carbocycles. The van der Waals surface area contributed by atoms with Gasteiger partial charge in [-0.2, -0.15) is 0 Å². The van der Waals surface area contributed by atoms with Gasteiger partial charge in [0.2, 0.25) is 23.6 Å². The summed E-state index contributed by atoms with van der Waals surface area (Å²) in [6.45, 7) is 30.3. The van der Waals surface area contributed by atoms with Crippen molar-refractivity contribution in [3.63, 3.8) is 0 Å². The second kappa shape index (κ2) is 49.9. The van der Waals surface area contributed by atoms with E-state index >= 15 is 13.2 Å². The van der Waals surface area contributed by atoms with E-state index in [-0.39, 0.29) is 108 Å². The second-order valence-corrected chi connectivity index (χ2v) is 58.6. The van der Waals surface area contributed by atoms with Gasteiger partial charge in [0.15, 0.2) is 65.1 Å². The Kier molecular flexibility index (Phi) is 40.9. The first-order chi connectivity index (χ1) is 67.4. The summed E-state index contributed by atoms with van der Waals surface area (Å²) >= 11 is 0. The number of unbranched alkanes of at least 4 members (excludes halogenated alkanes) is 1. The maximum absolute atomic E-state index is 15.8. The third-order valence-electron chi connectivity index (χ3n) is 22.7. The summed E-state index contributed by atoms with van der Waals surface area (Å²) < 4.78 is 184. The standard InChI is InChI=1S/C30H38FN2O7PS2.C23H29FNO7PS2.C23H30NO8PS2.C19H29FNO7PS2/c1-29(2,3)43-42-25-13-9-8-12-22(25)15-17-38-41(37,32-19-21-10-6-5-7-11-21)39-20-24-27(36)30(4,31)28(40-24)33-16-14-23(34)18-26(33)35;1-22(2,3)35-34-18-8-6-5-7-15(18)10-12-29-33(28)30-14-17-20(32-33)23(4,24)21(31-17)25-11-9-16(26)13-19(25)27;1-22(2,3)35-34-18-8-6-5-7-15(18)10-12-29-33(28)30-14-17-20(32-33)23(4,27)21(31-17)24-11-9-16(25)13-19(24)26;1-18(2,3)31-30-10-6-5-9-25-29(24)26-12-14-16(28-29)19(4,20)17(27-14)21-8-7-13(22)11-15(21)23/h5-14,16,24,27-28,36H,15,17-20H2,1-4H3,(H,32,37);5-9,11,17,20-21H,10,12-14H2,1-4H3;5-9,11,17,20-21,27H,10,12-14H2,1-4H3;7-8,14,16-17H,5-6,9-12H2,1-4H3/t24-,27-,28-,30-,41?;2*17-,20-,21-,23-,33?;14-,16-,17-,19-,29?/m1111/s1. The highest BCUT2D eigenvalue weighted by Crippen LogP contribution is 2.62. The molecule has 4 amide bonds. The van der Waals surface area contributed by atoms with Crippen LogP contribution in [-0.2, 0) is 151 Å². The van der Waals surface area contributed by atoms with Crippen LogP contribution in [-0.4, -0.2) is 251 Å². The van der Waals surface area contributed by atoms with E-state index in [1.165, 1.54) is 62.5 Å². The maximum Gasteiger partial charge on any atom is 0.475 e. The normalized spacial score (nSPS) is 31.6. The Balaban J connectivity index is 0.000000172. The minimum Gasteiger partial charge on any atom is -0.387 e. The summed E-state index contributed by atoms with van der Waals surface area (Å²) in [4.78, 5) is 103. The van der Waals surface area contributed by atoms with Crippen LogP contribution in [0.2, 0.25) is 0 Å². The predicted octanol–water partition coefficient (Wildman–Crippen LogP) is 19.3. The lowest BCUT2D eigenvalue weighted by Gasteiger charge is -2.37. The summed E-state index contributed by atoms with van der Waals surface area (Å²) in [7, 11) is -2.09. The van der Waals surface area contributed by atoms with Crippen LogP contribution >= 0.6 is 118 Å². The van der Waals surface area contributed by atoms with Crippen LogP contribution in [0.5, 0.6) is 0 Å². The monoisotopic (exact) mass is 2240 g/mol. The highest BCUT2D eigenvalue weighted by Gasteiger charge is 2.66. The van der Waals surface area contributed by atoms with E-state index in [0.29, 0.717) is 25.7 Å². The smallest absolute Gasteiger partial charge is 0.387 e. The number of phosphoric ester groups is 3. The van der Waals surface area contributed by atoms with Crippen LogP contribution in [0.15, 0.2) is 167 Å². The van der Waals surface area contributed by atoms with Gasteiger partial charge in [-0.1, -0.05) is 254 Å². The number of hydrogen-bond acceptors (Lipinski definition) is 37. The van der Waals surface area contributed by atoms with Gasteiger partial charge in [-0.05, 0) is 125 Å². The fourth-order valence-electron chi connectivity index (χ4n) is 15.6. The Morgan fingerprint density at radius 3 is 1.17 bits per heavy atom. The molecule has 4 aromatic rings. The van der Waals surface area contributed by atoms with E-state index in [0.717, 1.165) is 83.0 Å². The van der Waals surface area contributed by atoms with E-state index < -0.39 is 170 Å². The molecule has 7 saturated heterocycles. The summed E-state index contributed by atoms with van der Waals surface area (Å²) in [5, 5.41) is 24.8. The van der Waals surface area contributed by atoms with E-state index in [9.17, 15) is 66.8 Å². The van der Waals surface area contributed by atoms with Crippen LogP contribution < -0.4 is 5.09 Å². The lowest BCUT2D eigenvalue weighted by molar-refractivity contribution is -0.157. The number of phosphoric acid groups is 3. The number of ketones is 4. The molecule has 11 aliphatic rings. The van der Waals surface area contributed by atoms with Crippen molar-refractivity contribution in [1.29, 1.82) is 0 Å². The van der Waals surface area contributed by atoms with Crippen LogP contribution in [0.1, 0.15) is 172 Å². The lowest BCUT2D eigenvalue weighted by Crippen LogP contribution is -2.55. The number of rotatable bonds is 35. The molecule has 3 N–H and O–H groups in total. The molecular formula is C95H126F3N5O29P4S8. The van der Waals surface area contributed by atoms with Gasteiger partial charge in [0.25, 0.3) is 0 Å². The van der Waals surface area contributed by atoms with Gasteiger partial charge < -0.3 is 29.2 Å². The zero-order valence-electron chi connectivity index (χ0n) is 82.7. The molecule has 0 aromatic heterocycles. The molecule has 0 radical (unpaired) electrons. The first-order valence-electron chi connectivity index (χ1n) is 46.6. The fourth-order valence-corrected chi connectivity index (χ4v) is 30.5. The van der Waals surface area contributed by atoms with E-state index in [4.69, 9.17) is 68.7 Å². The number of amides is 4. The number of allylic oxidation sites excluding steroid dienone is 4. The van der Waals surface area contributed by atoms with Crippen molar-refractivity contribution in [2.75, 3.05) is 58.6 Å². The number of aliphatic hydroxyl groups is 2. The minimum absolute atomic E-state index is 0.0508. The predicted molar refractivity (Wildman–Crippen MR) is 547 cm³/mol. The number of carbonyl (C=O) groups is 8. The molecule has 0 saturated carbocycles. The number of halogens is 3. The number of ether oxygens (including phenoxy) is 4. The third kappa shape index (κ3) is 32.4. The zero-order valence-corrected chi connectivity index (χ0v) is 92.8. The van der Waals surface area contributed by atoms with Gasteiger partial charge in [0, 0.05) is 70.8 Å². The molecule has 7 fully saturated rings. The van der Waals surface area contributed by atoms with Crippen molar-refractivity contribution in [2.45, 2.75) is 305 Å². The summed E-state index contributed by atoms with van der Waals surface area (Å²) in [5.41, 5.74) is -4.52. The Hall–Kier alpha value is -4.81. The molecule has 20 atom stereocenters. The van der Waals surface area contributed by atoms with Gasteiger partial charge in [-0.3, -0.25) is 108 Å². The van der Waals surface area contributed by atoms with Crippen molar-refractivity contribution in [2.24, 2.45) is 0 Å². The molecule has 0 spiro atoms. The topological polar surface area (TPSA) is 409 Å². The van der Waals surface area contributed by atoms with Crippen molar-refractivity contribution < 1.29 is 149 Å². The highest BCUT2D eigenvalue weighted by molar-refractivity contribution is 8.78. The minimum atomic E-state index is -4.06. The molecule has 0 aliphatic carbocycles. The number of nitrogens with zero attached hydrogens (tertiary/aromatic N) is 4. The van der Waals surface area contributed by atoms with Crippen LogP contribution in [0, 0.1) is 0 Å². The Labute approximate surface area is 869 Å². The van der Waals surface area contributed by atoms with Gasteiger partial charge in [0.05, 0.1) is 78.5 Å². The third-order valence-corrected chi connectivity index (χ3v) is 42.4. The van der Waals surface area contributed by atoms with Crippen LogP contribution in [0.4, 0.5) is 13.2 Å². The van der Waals surface area contributed by atoms with Crippen molar-refractivity contribution >= 4 is 164 Å². The van der Waals surface area contributed by atoms with Crippen LogP contribution in [0.3, 0.4) is 0 Å². The number of fused-ring (bicyclic) bond motifs is 3. The Morgan fingerprint density at radius 1 is 0.438 bits per heavy atom. The number of benzene rings is 4. The number of alkyl halides is 3. The lowest BCUT2D eigenvalue weighted by atomic mass is 9.95. The van der Waals surface area contributed by atoms with E-state index in [1.807, 2.05) is 103 Å². The largest absolute Gasteiger partial charge is 0.475 e. The van der Waals surface area contributed by atoms with E-state index in [1.54, 1.807) is 86.4 Å². The molecule has 15 rings (SSSR count). The SMILES string of the molecule is CC(C)(C)SSCCCCOP1(=O)OC[C@H]2O[C@@H](N3C=CC(=O)CC3=O)[C@](C)(F)[C@@H]2O1.CC(C)(C)SSc1ccccc1CCOP(=O)(NCc1ccccc1)OC[C@H]1O[C@@H](N2C=CC(=O)CC2=O)[C@](C)(F)[C@@H]1O.CC(C)(C)SSc1ccccc1CCOP1(=O)OC[C@H]2O[C@@H](N3C=CC(=O)CC3=O)[C@](C)(F)[C@@H]2O1.CC(C)(C)SSc1ccccc1CCOP1(=O)OC[C@H]2O[C@@H](N3C=CC(=O)CC3=O)[C@](C)(O)[C@@H]2O1. The number of aliphatic hydroxyl groups excluding tert-OH is 1. The van der Waals surface area contributed by atoms with Crippen molar-refractivity contribution in [3.05, 3.63) is 174 Å². The molecular weight excluding hydrogens is 2110 g/mol. The number of carbonyl (C=O) groups excluding carboxylic acids is 8. The Bertz CT molecular complexity index is 5390. The average Bonchev–Trinajstić information content (AvgIpc) is 1.59. The first kappa shape index (κ1) is 118. The quantitative estimate of drug-likeness (QED) is 0.0167. The fraction of sp³-hybridized carbons (Fsp3) is 0.579. The van der Waals surface area contributed by atoms with Gasteiger partial charge in [0.1, 0.15) is 54.4 Å². The maximum atomic E-state index is 15.8. The molecule has 34 nitrogen and oxygen atoms in total. The molecule has 11 heterocycles. The molecule has 11 aliphatic heterocycles. The summed E-state index contributed by atoms with van der Waals surface area (Å²) in [6.07, 6.45) is -3.10. The van der Waals surface area contributed by atoms with Gasteiger partial charge in [-0.15, -0.1) is 0 Å². The molecule has 4 unspecified atom stereocenters.